The van der Waals surface area contributed by atoms with Gasteiger partial charge in [-0.05, 0) is 42.3 Å². The minimum absolute atomic E-state index is 0.623. The Morgan fingerprint density at radius 2 is 1.85 bits per heavy atom. The van der Waals surface area contributed by atoms with Crippen LogP contribution in [0, 0.1) is 0 Å². The van der Waals surface area contributed by atoms with Gasteiger partial charge in [-0.25, -0.2) is 0 Å². The van der Waals surface area contributed by atoms with Crippen LogP contribution in [0.2, 0.25) is 0 Å². The zero-order valence-electron chi connectivity index (χ0n) is 11.3. The minimum atomic E-state index is 0.623. The summed E-state index contributed by atoms with van der Waals surface area (Å²) in [6.45, 7) is 2.10. The molecule has 4 nitrogen and oxygen atoms in total. The van der Waals surface area contributed by atoms with E-state index < -0.39 is 0 Å². The van der Waals surface area contributed by atoms with Gasteiger partial charge in [0.05, 0.1) is 0 Å². The molecule has 20 heavy (non-hydrogen) atoms. The Kier molecular flexibility index (Phi) is 3.63. The second kappa shape index (κ2) is 5.74. The van der Waals surface area contributed by atoms with Crippen molar-refractivity contribution in [1.82, 2.24) is 0 Å². The van der Waals surface area contributed by atoms with Gasteiger partial charge < -0.3 is 20.5 Å². The molecule has 0 saturated heterocycles. The predicted octanol–water partition coefficient (Wildman–Crippen LogP) is 2.69. The van der Waals surface area contributed by atoms with Crippen molar-refractivity contribution in [2.24, 2.45) is 0 Å². The Morgan fingerprint density at radius 1 is 1.00 bits per heavy atom. The van der Waals surface area contributed by atoms with Crippen LogP contribution >= 0.6 is 0 Å². The zero-order valence-corrected chi connectivity index (χ0v) is 11.3. The van der Waals surface area contributed by atoms with Gasteiger partial charge in [0.1, 0.15) is 13.2 Å². The summed E-state index contributed by atoms with van der Waals surface area (Å²) in [4.78, 5) is 0. The molecule has 104 valence electrons. The SMILES string of the molecule is Nc1cccc(NCCc2ccc3c(c2)OCCO3)c1. The molecule has 2 aromatic rings. The normalized spacial score (nSPS) is 13.0. The van der Waals surface area contributed by atoms with Crippen molar-refractivity contribution in [2.75, 3.05) is 30.8 Å². The first-order chi connectivity index (χ1) is 9.81. The van der Waals surface area contributed by atoms with Crippen LogP contribution in [0.1, 0.15) is 5.56 Å². The Morgan fingerprint density at radius 3 is 2.70 bits per heavy atom. The summed E-state index contributed by atoms with van der Waals surface area (Å²) < 4.78 is 11.1. The lowest BCUT2D eigenvalue weighted by Gasteiger charge is -2.19. The first kappa shape index (κ1) is 12.7. The number of rotatable bonds is 4. The fourth-order valence-corrected chi connectivity index (χ4v) is 2.24. The predicted molar refractivity (Wildman–Crippen MR) is 80.5 cm³/mol. The van der Waals surface area contributed by atoms with Crippen molar-refractivity contribution >= 4 is 11.4 Å². The average Bonchev–Trinajstić information content (AvgIpc) is 2.47. The summed E-state index contributed by atoms with van der Waals surface area (Å²) in [5.74, 6) is 1.68. The molecule has 0 aromatic heterocycles. The minimum Gasteiger partial charge on any atom is -0.486 e. The standard InChI is InChI=1S/C16H18N2O2/c17-13-2-1-3-14(11-13)18-7-6-12-4-5-15-16(10-12)20-9-8-19-15/h1-5,10-11,18H,6-9,17H2. The number of ether oxygens (including phenoxy) is 2. The number of hydrogen-bond acceptors (Lipinski definition) is 4. The van der Waals surface area contributed by atoms with Crippen molar-refractivity contribution in [3.8, 4) is 11.5 Å². The highest BCUT2D eigenvalue weighted by molar-refractivity contribution is 5.54. The molecule has 0 aliphatic carbocycles. The first-order valence-electron chi connectivity index (χ1n) is 6.79. The van der Waals surface area contributed by atoms with Gasteiger partial charge >= 0.3 is 0 Å². The average molecular weight is 270 g/mol. The van der Waals surface area contributed by atoms with E-state index in [0.29, 0.717) is 13.2 Å². The highest BCUT2D eigenvalue weighted by Gasteiger charge is 2.11. The Labute approximate surface area is 118 Å². The van der Waals surface area contributed by atoms with Crippen LogP contribution < -0.4 is 20.5 Å². The molecule has 0 fully saturated rings. The summed E-state index contributed by atoms with van der Waals surface area (Å²) in [5.41, 5.74) is 8.79. The van der Waals surface area contributed by atoms with E-state index in [1.807, 2.05) is 30.3 Å². The molecular formula is C16H18N2O2. The molecule has 0 atom stereocenters. The molecule has 0 radical (unpaired) electrons. The van der Waals surface area contributed by atoms with Crippen molar-refractivity contribution in [3.05, 3.63) is 48.0 Å². The van der Waals surface area contributed by atoms with Gasteiger partial charge in [0, 0.05) is 17.9 Å². The topological polar surface area (TPSA) is 56.5 Å². The number of fused-ring (bicyclic) bond motifs is 1. The summed E-state index contributed by atoms with van der Waals surface area (Å²) >= 11 is 0. The molecule has 1 aliphatic rings. The molecule has 0 bridgehead atoms. The van der Waals surface area contributed by atoms with Crippen molar-refractivity contribution in [1.29, 1.82) is 0 Å². The fraction of sp³-hybridized carbons (Fsp3) is 0.250. The van der Waals surface area contributed by atoms with Gasteiger partial charge in [-0.2, -0.15) is 0 Å². The molecule has 1 aliphatic heterocycles. The number of nitrogens with one attached hydrogen (secondary N) is 1. The number of nitrogens with two attached hydrogens (primary N) is 1. The second-order valence-corrected chi connectivity index (χ2v) is 4.78. The first-order valence-corrected chi connectivity index (χ1v) is 6.79. The second-order valence-electron chi connectivity index (χ2n) is 4.78. The largest absolute Gasteiger partial charge is 0.486 e. The molecular weight excluding hydrogens is 252 g/mol. The van der Waals surface area contributed by atoms with Crippen molar-refractivity contribution in [2.45, 2.75) is 6.42 Å². The quantitative estimate of drug-likeness (QED) is 0.839. The molecule has 3 N–H and O–H groups in total. The van der Waals surface area contributed by atoms with Crippen molar-refractivity contribution in [3.63, 3.8) is 0 Å². The molecule has 0 saturated carbocycles. The van der Waals surface area contributed by atoms with Crippen molar-refractivity contribution < 1.29 is 9.47 Å². The molecule has 1 heterocycles. The van der Waals surface area contributed by atoms with Gasteiger partial charge in [0.25, 0.3) is 0 Å². The van der Waals surface area contributed by atoms with Crippen LogP contribution in [0.4, 0.5) is 11.4 Å². The van der Waals surface area contributed by atoms with E-state index in [9.17, 15) is 0 Å². The number of nitrogen functional groups attached to an aromatic ring is 1. The van der Waals surface area contributed by atoms with Crippen LogP contribution in [0.5, 0.6) is 11.5 Å². The third kappa shape index (κ3) is 2.96. The molecule has 0 amide bonds. The zero-order chi connectivity index (χ0) is 13.8. The van der Waals surface area contributed by atoms with Gasteiger partial charge in [-0.15, -0.1) is 0 Å². The maximum Gasteiger partial charge on any atom is 0.161 e. The van der Waals surface area contributed by atoms with E-state index in [1.54, 1.807) is 0 Å². The maximum atomic E-state index is 5.75. The number of hydrogen-bond donors (Lipinski definition) is 2. The van der Waals surface area contributed by atoms with Gasteiger partial charge in [0.2, 0.25) is 0 Å². The van der Waals surface area contributed by atoms with Gasteiger partial charge in [-0.1, -0.05) is 12.1 Å². The van der Waals surface area contributed by atoms with Gasteiger partial charge in [0.15, 0.2) is 11.5 Å². The third-order valence-corrected chi connectivity index (χ3v) is 3.24. The van der Waals surface area contributed by atoms with Crippen LogP contribution in [-0.4, -0.2) is 19.8 Å². The maximum absolute atomic E-state index is 5.75. The molecule has 2 aromatic carbocycles. The molecule has 0 spiro atoms. The smallest absolute Gasteiger partial charge is 0.161 e. The summed E-state index contributed by atoms with van der Waals surface area (Å²) in [6, 6.07) is 13.9. The van der Waals surface area contributed by atoms with Crippen LogP contribution in [0.25, 0.3) is 0 Å². The molecule has 4 heteroatoms. The van der Waals surface area contributed by atoms with E-state index >= 15 is 0 Å². The van der Waals surface area contributed by atoms with E-state index in [0.717, 1.165) is 35.8 Å². The summed E-state index contributed by atoms with van der Waals surface area (Å²) in [6.07, 6.45) is 0.922. The Bertz CT molecular complexity index is 599. The number of anilines is 2. The van der Waals surface area contributed by atoms with E-state index in [4.69, 9.17) is 15.2 Å². The van der Waals surface area contributed by atoms with Crippen LogP contribution in [-0.2, 0) is 6.42 Å². The highest BCUT2D eigenvalue weighted by Crippen LogP contribution is 2.30. The monoisotopic (exact) mass is 270 g/mol. The van der Waals surface area contributed by atoms with Gasteiger partial charge in [-0.3, -0.25) is 0 Å². The highest BCUT2D eigenvalue weighted by atomic mass is 16.6. The van der Waals surface area contributed by atoms with Crippen LogP contribution in [0.3, 0.4) is 0 Å². The fourth-order valence-electron chi connectivity index (χ4n) is 2.24. The molecule has 0 unspecified atom stereocenters. The summed E-state index contributed by atoms with van der Waals surface area (Å²) in [5, 5.41) is 3.36. The Balaban J connectivity index is 1.58. The lowest BCUT2D eigenvalue weighted by molar-refractivity contribution is 0.171. The third-order valence-electron chi connectivity index (χ3n) is 3.24. The summed E-state index contributed by atoms with van der Waals surface area (Å²) in [7, 11) is 0. The lowest BCUT2D eigenvalue weighted by Crippen LogP contribution is -2.15. The van der Waals surface area contributed by atoms with Crippen LogP contribution in [0.15, 0.2) is 42.5 Å². The van der Waals surface area contributed by atoms with E-state index in [-0.39, 0.29) is 0 Å². The lowest BCUT2D eigenvalue weighted by atomic mass is 10.1. The van der Waals surface area contributed by atoms with E-state index in [2.05, 4.69) is 17.4 Å². The molecule has 3 rings (SSSR count). The number of benzene rings is 2. The van der Waals surface area contributed by atoms with E-state index in [1.165, 1.54) is 5.56 Å². The Hall–Kier alpha value is -2.36.